The molecule has 0 spiro atoms. The fourth-order valence-corrected chi connectivity index (χ4v) is 3.23. The Kier molecular flexibility index (Phi) is 3.72. The van der Waals surface area contributed by atoms with E-state index in [0.717, 1.165) is 6.54 Å². The number of fused-ring (bicyclic) bond motifs is 1. The Morgan fingerprint density at radius 1 is 1.21 bits per heavy atom. The van der Waals surface area contributed by atoms with Crippen molar-refractivity contribution in [1.29, 1.82) is 0 Å². The molecule has 19 heavy (non-hydrogen) atoms. The molecule has 1 nitrogen and oxygen atoms in total. The van der Waals surface area contributed by atoms with Crippen LogP contribution in [0.1, 0.15) is 34.7 Å². The summed E-state index contributed by atoms with van der Waals surface area (Å²) >= 11 is 3.61. The molecule has 0 saturated heterocycles. The summed E-state index contributed by atoms with van der Waals surface area (Å²) in [5.74, 6) is 0. The third kappa shape index (κ3) is 2.75. The summed E-state index contributed by atoms with van der Waals surface area (Å²) in [6, 6.07) is 15.8. The van der Waals surface area contributed by atoms with Crippen molar-refractivity contribution in [2.75, 3.05) is 0 Å². The van der Waals surface area contributed by atoms with Gasteiger partial charge in [-0.2, -0.15) is 0 Å². The predicted octanol–water partition coefficient (Wildman–Crippen LogP) is 4.53. The van der Waals surface area contributed by atoms with Gasteiger partial charge in [0.05, 0.1) is 0 Å². The molecule has 2 aromatic carbocycles. The van der Waals surface area contributed by atoms with Crippen LogP contribution in [0.3, 0.4) is 0 Å². The van der Waals surface area contributed by atoms with Crippen LogP contribution in [0.4, 0.5) is 0 Å². The van der Waals surface area contributed by atoms with Crippen molar-refractivity contribution >= 4 is 15.9 Å². The van der Waals surface area contributed by atoms with Gasteiger partial charge in [-0.1, -0.05) is 57.9 Å². The zero-order valence-corrected chi connectivity index (χ0v) is 12.7. The Hall–Kier alpha value is -1.12. The van der Waals surface area contributed by atoms with E-state index in [2.05, 4.69) is 70.6 Å². The zero-order chi connectivity index (χ0) is 13.2. The molecule has 1 N–H and O–H groups in total. The second-order valence-corrected chi connectivity index (χ2v) is 6.12. The maximum Gasteiger partial charge on any atom is 0.0329 e. The van der Waals surface area contributed by atoms with Gasteiger partial charge in [0.1, 0.15) is 0 Å². The van der Waals surface area contributed by atoms with E-state index in [1.165, 1.54) is 39.6 Å². The van der Waals surface area contributed by atoms with Crippen molar-refractivity contribution in [3.8, 4) is 0 Å². The molecule has 0 bridgehead atoms. The molecule has 1 aliphatic rings. The zero-order valence-electron chi connectivity index (χ0n) is 11.1. The summed E-state index contributed by atoms with van der Waals surface area (Å²) < 4.78 is 1.19. The van der Waals surface area contributed by atoms with Crippen LogP contribution in [0.25, 0.3) is 0 Å². The van der Waals surface area contributed by atoms with E-state index in [0.29, 0.717) is 6.04 Å². The molecule has 0 heterocycles. The topological polar surface area (TPSA) is 12.0 Å². The summed E-state index contributed by atoms with van der Waals surface area (Å²) in [6.07, 6.45) is 2.41. The first kappa shape index (κ1) is 12.9. The number of rotatable bonds is 3. The molecule has 0 amide bonds. The number of halogens is 1. The number of hydrogen-bond donors (Lipinski definition) is 1. The van der Waals surface area contributed by atoms with Crippen LogP contribution in [0, 0.1) is 6.92 Å². The van der Waals surface area contributed by atoms with Gasteiger partial charge in [0.2, 0.25) is 0 Å². The van der Waals surface area contributed by atoms with Crippen molar-refractivity contribution in [3.63, 3.8) is 0 Å². The Morgan fingerprint density at radius 3 is 2.89 bits per heavy atom. The number of hydrogen-bond acceptors (Lipinski definition) is 1. The molecule has 0 aromatic heterocycles. The van der Waals surface area contributed by atoms with Gasteiger partial charge < -0.3 is 5.32 Å². The van der Waals surface area contributed by atoms with E-state index in [1.807, 2.05) is 0 Å². The number of nitrogens with one attached hydrogen (secondary N) is 1. The fourth-order valence-electron chi connectivity index (χ4n) is 2.81. The van der Waals surface area contributed by atoms with Crippen LogP contribution < -0.4 is 5.32 Å². The lowest BCUT2D eigenvalue weighted by Gasteiger charge is -2.15. The molecule has 0 saturated carbocycles. The highest BCUT2D eigenvalue weighted by molar-refractivity contribution is 9.10. The minimum absolute atomic E-state index is 0.502. The third-order valence-corrected chi connectivity index (χ3v) is 4.65. The van der Waals surface area contributed by atoms with E-state index in [4.69, 9.17) is 0 Å². The molecule has 0 aliphatic heterocycles. The first-order chi connectivity index (χ1) is 9.24. The largest absolute Gasteiger partial charge is 0.306 e. The quantitative estimate of drug-likeness (QED) is 0.877. The molecule has 0 fully saturated rings. The van der Waals surface area contributed by atoms with Crippen molar-refractivity contribution in [2.24, 2.45) is 0 Å². The average Bonchev–Trinajstić information content (AvgIpc) is 2.80. The Labute approximate surface area is 123 Å². The first-order valence-corrected chi connectivity index (χ1v) is 7.59. The predicted molar refractivity (Wildman–Crippen MR) is 83.2 cm³/mol. The van der Waals surface area contributed by atoms with Crippen molar-refractivity contribution < 1.29 is 0 Å². The highest BCUT2D eigenvalue weighted by Gasteiger charge is 2.21. The van der Waals surface area contributed by atoms with Gasteiger partial charge in [0.15, 0.2) is 0 Å². The minimum atomic E-state index is 0.502. The monoisotopic (exact) mass is 315 g/mol. The lowest BCUT2D eigenvalue weighted by atomic mass is 10.0. The van der Waals surface area contributed by atoms with E-state index < -0.39 is 0 Å². The van der Waals surface area contributed by atoms with Crippen LogP contribution in [0.5, 0.6) is 0 Å². The van der Waals surface area contributed by atoms with Crippen molar-refractivity contribution in [2.45, 2.75) is 32.4 Å². The van der Waals surface area contributed by atoms with Gasteiger partial charge in [-0.15, -0.1) is 0 Å². The molecule has 2 aromatic rings. The Morgan fingerprint density at radius 2 is 2.05 bits per heavy atom. The maximum atomic E-state index is 3.69. The second-order valence-electron chi connectivity index (χ2n) is 5.27. The van der Waals surface area contributed by atoms with Crippen LogP contribution in [-0.2, 0) is 13.0 Å². The molecular formula is C17H18BrN. The Bertz CT molecular complexity index is 592. The van der Waals surface area contributed by atoms with Crippen LogP contribution in [0.15, 0.2) is 46.9 Å². The van der Waals surface area contributed by atoms with Crippen molar-refractivity contribution in [1.82, 2.24) is 5.32 Å². The van der Waals surface area contributed by atoms with Gasteiger partial charge >= 0.3 is 0 Å². The van der Waals surface area contributed by atoms with E-state index in [1.54, 1.807) is 0 Å². The third-order valence-electron chi connectivity index (χ3n) is 3.88. The van der Waals surface area contributed by atoms with Crippen molar-refractivity contribution in [3.05, 3.63) is 69.2 Å². The summed E-state index contributed by atoms with van der Waals surface area (Å²) in [5.41, 5.74) is 5.68. The van der Waals surface area contributed by atoms with Gasteiger partial charge in [-0.3, -0.25) is 0 Å². The fraction of sp³-hybridized carbons (Fsp3) is 0.294. The smallest absolute Gasteiger partial charge is 0.0329 e. The minimum Gasteiger partial charge on any atom is -0.306 e. The number of aryl methyl sites for hydroxylation is 2. The maximum absolute atomic E-state index is 3.69. The molecule has 2 heteroatoms. The van der Waals surface area contributed by atoms with E-state index >= 15 is 0 Å². The number of benzene rings is 2. The molecule has 0 radical (unpaired) electrons. The summed E-state index contributed by atoms with van der Waals surface area (Å²) in [7, 11) is 0. The molecule has 1 aliphatic carbocycles. The van der Waals surface area contributed by atoms with Crippen LogP contribution in [-0.4, -0.2) is 0 Å². The van der Waals surface area contributed by atoms with Gasteiger partial charge in [0, 0.05) is 17.1 Å². The van der Waals surface area contributed by atoms with Gasteiger partial charge in [0.25, 0.3) is 0 Å². The summed E-state index contributed by atoms with van der Waals surface area (Å²) in [6.45, 7) is 3.09. The molecular weight excluding hydrogens is 298 g/mol. The second kappa shape index (κ2) is 5.48. The SMILES string of the molecule is Cc1ccc2c(c1)C(NCc1ccccc1Br)CC2. The first-order valence-electron chi connectivity index (χ1n) is 6.80. The van der Waals surface area contributed by atoms with E-state index in [9.17, 15) is 0 Å². The molecule has 1 atom stereocenters. The lowest BCUT2D eigenvalue weighted by Crippen LogP contribution is -2.18. The highest BCUT2D eigenvalue weighted by atomic mass is 79.9. The molecule has 1 unspecified atom stereocenters. The molecule has 3 rings (SSSR count). The standard InChI is InChI=1S/C17H18BrN/c1-12-6-7-13-8-9-17(15(13)10-12)19-11-14-4-2-3-5-16(14)18/h2-7,10,17,19H,8-9,11H2,1H3. The van der Waals surface area contributed by atoms with Gasteiger partial charge in [-0.05, 0) is 42.5 Å². The summed E-state index contributed by atoms with van der Waals surface area (Å²) in [5, 5.41) is 3.69. The lowest BCUT2D eigenvalue weighted by molar-refractivity contribution is 0.529. The molecule has 98 valence electrons. The highest BCUT2D eigenvalue weighted by Crippen LogP contribution is 2.32. The van der Waals surface area contributed by atoms with Gasteiger partial charge in [-0.25, -0.2) is 0 Å². The van der Waals surface area contributed by atoms with Crippen LogP contribution >= 0.6 is 15.9 Å². The normalized spacial score (nSPS) is 17.5. The van der Waals surface area contributed by atoms with Crippen LogP contribution in [0.2, 0.25) is 0 Å². The van der Waals surface area contributed by atoms with E-state index in [-0.39, 0.29) is 0 Å². The Balaban J connectivity index is 1.73. The average molecular weight is 316 g/mol. The summed E-state index contributed by atoms with van der Waals surface area (Å²) in [4.78, 5) is 0.